The second-order valence-corrected chi connectivity index (χ2v) is 18.9. The molecule has 2 atom stereocenters. The van der Waals surface area contributed by atoms with Crippen molar-refractivity contribution in [2.45, 2.75) is 75.7 Å². The molecular formula is C62H72N2O16. The number of carboxylic acids is 2. The fourth-order valence-corrected chi connectivity index (χ4v) is 10.1. The van der Waals surface area contributed by atoms with Crippen molar-refractivity contribution in [2.24, 2.45) is 0 Å². The van der Waals surface area contributed by atoms with Crippen LogP contribution in [0.5, 0.6) is 46.0 Å². The molecule has 80 heavy (non-hydrogen) atoms. The van der Waals surface area contributed by atoms with Crippen molar-refractivity contribution in [3.63, 3.8) is 0 Å². The van der Waals surface area contributed by atoms with Crippen LogP contribution in [0, 0.1) is 0 Å². The maximum Gasteiger partial charge on any atom is 0.414 e. The van der Waals surface area contributed by atoms with E-state index >= 15 is 0 Å². The van der Waals surface area contributed by atoms with Crippen molar-refractivity contribution < 1.29 is 76.8 Å². The van der Waals surface area contributed by atoms with E-state index in [9.17, 15) is 9.59 Å². The van der Waals surface area contributed by atoms with Gasteiger partial charge in [0.2, 0.25) is 0 Å². The van der Waals surface area contributed by atoms with Crippen LogP contribution in [0.25, 0.3) is 0 Å². The monoisotopic (exact) mass is 1100 g/mol. The molecule has 0 unspecified atom stereocenters. The van der Waals surface area contributed by atoms with Crippen molar-refractivity contribution in [3.8, 4) is 46.0 Å². The molecule has 8 rings (SSSR count). The predicted octanol–water partition coefficient (Wildman–Crippen LogP) is 8.81. The number of methoxy groups -OCH3 is 8. The molecule has 0 bridgehead atoms. The molecule has 0 amide bonds. The second-order valence-electron chi connectivity index (χ2n) is 18.9. The summed E-state index contributed by atoms with van der Waals surface area (Å²) in [6.07, 6.45) is 4.62. The number of rotatable bonds is 22. The standard InChI is InChI=1S/2C30H35NO6.C2H2O4/c2*1-33-25-11-10-22(16-26(25)34-2)19-30(14-12-29(32)37-20-21-8-6-5-7-9-21)24-18-28(36-4)27(35-3)17-23(24)13-15-31-30;3-1(4)2(5)6/h2*5-11,16-18,31H,12-15,19-20H2,1-4H3;(H,3,4)(H,5,6)/t2*30-;/m11./s1. The molecule has 0 aromatic heterocycles. The minimum absolute atomic E-state index is 0.232. The number of hydrogen-bond donors (Lipinski definition) is 4. The summed E-state index contributed by atoms with van der Waals surface area (Å²) in [4.78, 5) is 43.9. The lowest BCUT2D eigenvalue weighted by Gasteiger charge is -2.41. The molecule has 18 nitrogen and oxygen atoms in total. The Morgan fingerprint density at radius 1 is 0.412 bits per heavy atom. The van der Waals surface area contributed by atoms with Gasteiger partial charge in [0.1, 0.15) is 13.2 Å². The van der Waals surface area contributed by atoms with Crippen LogP contribution in [0.2, 0.25) is 0 Å². The van der Waals surface area contributed by atoms with Crippen LogP contribution in [-0.4, -0.2) is 104 Å². The van der Waals surface area contributed by atoms with Crippen LogP contribution in [-0.2, 0) is 78.6 Å². The molecule has 18 heteroatoms. The Balaban J connectivity index is 0.000000234. The first-order valence-corrected chi connectivity index (χ1v) is 26.0. The fourth-order valence-electron chi connectivity index (χ4n) is 10.1. The van der Waals surface area contributed by atoms with E-state index in [0.717, 1.165) is 59.3 Å². The Morgan fingerprint density at radius 2 is 0.738 bits per heavy atom. The Hall–Kier alpha value is -8.48. The fraction of sp³-hybridized carbons (Fsp3) is 0.355. The number of fused-ring (bicyclic) bond motifs is 2. The maximum atomic E-state index is 12.8. The summed E-state index contributed by atoms with van der Waals surface area (Å²) in [6, 6.07) is 39.5. The van der Waals surface area contributed by atoms with Gasteiger partial charge in [0.15, 0.2) is 46.0 Å². The molecule has 4 N–H and O–H groups in total. The molecule has 0 radical (unpaired) electrons. The number of carbonyl (C=O) groups excluding carboxylic acids is 2. The van der Waals surface area contributed by atoms with E-state index in [1.165, 1.54) is 11.1 Å². The Kier molecular flexibility index (Phi) is 22.4. The third-order valence-corrected chi connectivity index (χ3v) is 14.1. The molecule has 0 spiro atoms. The van der Waals surface area contributed by atoms with Gasteiger partial charge in [-0.25, -0.2) is 9.59 Å². The van der Waals surface area contributed by atoms with Crippen LogP contribution >= 0.6 is 0 Å². The summed E-state index contributed by atoms with van der Waals surface area (Å²) in [5.41, 5.74) is 7.57. The number of carboxylic acid groups (broad SMARTS) is 2. The van der Waals surface area contributed by atoms with E-state index in [2.05, 4.69) is 10.6 Å². The molecule has 0 aliphatic carbocycles. The van der Waals surface area contributed by atoms with Gasteiger partial charge in [-0.1, -0.05) is 72.8 Å². The highest BCUT2D eigenvalue weighted by atomic mass is 16.5. The smallest absolute Gasteiger partial charge is 0.414 e. The first kappa shape index (κ1) is 60.7. The molecule has 0 saturated heterocycles. The Morgan fingerprint density at radius 3 is 1.06 bits per heavy atom. The third kappa shape index (κ3) is 15.8. The Labute approximate surface area is 467 Å². The zero-order valence-electron chi connectivity index (χ0n) is 46.6. The number of ether oxygens (including phenoxy) is 10. The molecule has 0 fully saturated rings. The number of hydrogen-bond acceptors (Lipinski definition) is 16. The lowest BCUT2D eigenvalue weighted by Crippen LogP contribution is -2.49. The van der Waals surface area contributed by atoms with Crippen LogP contribution in [0.4, 0.5) is 0 Å². The number of esters is 2. The van der Waals surface area contributed by atoms with Crippen molar-refractivity contribution in [1.29, 1.82) is 0 Å². The second kappa shape index (κ2) is 29.5. The molecular weight excluding hydrogens is 1030 g/mol. The summed E-state index contributed by atoms with van der Waals surface area (Å²) in [5.74, 6) is 1.29. The van der Waals surface area contributed by atoms with E-state index in [1.54, 1.807) is 56.9 Å². The molecule has 2 aliphatic heterocycles. The van der Waals surface area contributed by atoms with Gasteiger partial charge in [-0.2, -0.15) is 0 Å². The topological polar surface area (TPSA) is 225 Å². The normalized spacial score (nSPS) is 15.8. The summed E-state index contributed by atoms with van der Waals surface area (Å²) in [5, 5.41) is 22.3. The minimum Gasteiger partial charge on any atom is -0.493 e. The largest absolute Gasteiger partial charge is 0.493 e. The summed E-state index contributed by atoms with van der Waals surface area (Å²) in [7, 11) is 13.1. The number of benzene rings is 6. The van der Waals surface area contributed by atoms with Crippen molar-refractivity contribution in [2.75, 3.05) is 70.0 Å². The Bertz CT molecular complexity index is 2820. The van der Waals surface area contributed by atoms with Gasteiger partial charge in [0.05, 0.1) is 56.9 Å². The van der Waals surface area contributed by atoms with E-state index < -0.39 is 23.0 Å². The molecule has 0 saturated carbocycles. The molecule has 6 aromatic carbocycles. The first-order chi connectivity index (χ1) is 38.7. The quantitative estimate of drug-likeness (QED) is 0.0368. The average molecular weight is 1100 g/mol. The summed E-state index contributed by atoms with van der Waals surface area (Å²) in [6.45, 7) is 2.07. The zero-order valence-corrected chi connectivity index (χ0v) is 46.6. The number of carbonyl (C=O) groups is 4. The van der Waals surface area contributed by atoms with Gasteiger partial charge >= 0.3 is 23.9 Å². The van der Waals surface area contributed by atoms with Crippen LogP contribution in [0.1, 0.15) is 70.2 Å². The number of aliphatic carboxylic acids is 2. The maximum absolute atomic E-state index is 12.8. The first-order valence-electron chi connectivity index (χ1n) is 26.0. The van der Waals surface area contributed by atoms with E-state index in [4.69, 9.17) is 67.2 Å². The SMILES string of the molecule is COc1ccc(C[C@@]2(CCC(=O)OCc3ccccc3)NCCc3cc(OC)c(OC)cc32)cc1OC.COc1ccc(C[C@@]2(CCC(=O)OCc3ccccc3)NCCc3cc(OC)c(OC)cc32)cc1OC.O=C(O)C(=O)O. The van der Waals surface area contributed by atoms with Gasteiger partial charge in [-0.3, -0.25) is 9.59 Å². The van der Waals surface area contributed by atoms with E-state index in [1.807, 2.05) is 121 Å². The van der Waals surface area contributed by atoms with Crippen LogP contribution in [0.15, 0.2) is 121 Å². The van der Waals surface area contributed by atoms with E-state index in [-0.39, 0.29) is 38.0 Å². The van der Waals surface area contributed by atoms with Gasteiger partial charge in [0, 0.05) is 37.0 Å². The van der Waals surface area contributed by atoms with Crippen LogP contribution in [0.3, 0.4) is 0 Å². The average Bonchev–Trinajstić information content (AvgIpc) is 3.56. The highest BCUT2D eigenvalue weighted by molar-refractivity contribution is 6.27. The van der Waals surface area contributed by atoms with Crippen molar-refractivity contribution in [3.05, 3.63) is 166 Å². The van der Waals surface area contributed by atoms with Gasteiger partial charge in [-0.05, 0) is 132 Å². The lowest BCUT2D eigenvalue weighted by atomic mass is 9.75. The zero-order chi connectivity index (χ0) is 57.7. The van der Waals surface area contributed by atoms with Gasteiger partial charge in [0.25, 0.3) is 0 Å². The van der Waals surface area contributed by atoms with Gasteiger partial charge in [-0.15, -0.1) is 0 Å². The third-order valence-electron chi connectivity index (χ3n) is 14.1. The van der Waals surface area contributed by atoms with Crippen molar-refractivity contribution in [1.82, 2.24) is 10.6 Å². The molecule has 6 aromatic rings. The molecule has 426 valence electrons. The highest BCUT2D eigenvalue weighted by Crippen LogP contribution is 2.44. The predicted molar refractivity (Wildman–Crippen MR) is 299 cm³/mol. The van der Waals surface area contributed by atoms with E-state index in [0.29, 0.717) is 71.7 Å². The lowest BCUT2D eigenvalue weighted by molar-refractivity contribution is -0.159. The van der Waals surface area contributed by atoms with Crippen LogP contribution < -0.4 is 48.5 Å². The summed E-state index contributed by atoms with van der Waals surface area (Å²) < 4.78 is 55.6. The molecule has 2 aliphatic rings. The summed E-state index contributed by atoms with van der Waals surface area (Å²) >= 11 is 0. The van der Waals surface area contributed by atoms with Gasteiger partial charge < -0.3 is 68.2 Å². The molecule has 2 heterocycles. The minimum atomic E-state index is -1.82. The number of nitrogens with one attached hydrogen (secondary N) is 2. The van der Waals surface area contributed by atoms with Crippen molar-refractivity contribution >= 4 is 23.9 Å². The highest BCUT2D eigenvalue weighted by Gasteiger charge is 2.40.